The molecular formula is C16H13ClF2N2O2. The van der Waals surface area contributed by atoms with Gasteiger partial charge in [-0.25, -0.2) is 8.78 Å². The van der Waals surface area contributed by atoms with Crippen molar-refractivity contribution in [3.05, 3.63) is 58.1 Å². The number of hydrogen-bond acceptors (Lipinski definition) is 2. The van der Waals surface area contributed by atoms with Crippen LogP contribution in [0.25, 0.3) is 0 Å². The van der Waals surface area contributed by atoms with Crippen LogP contribution >= 0.6 is 11.6 Å². The molecule has 0 heterocycles. The zero-order valence-electron chi connectivity index (χ0n) is 12.3. The fraction of sp³-hybridized carbons (Fsp3) is 0.125. The van der Waals surface area contributed by atoms with Crippen LogP contribution in [0.15, 0.2) is 30.3 Å². The molecule has 0 aromatic heterocycles. The zero-order chi connectivity index (χ0) is 17.1. The van der Waals surface area contributed by atoms with Crippen molar-refractivity contribution < 1.29 is 18.4 Å². The molecule has 0 unspecified atom stereocenters. The molecule has 7 heteroatoms. The van der Waals surface area contributed by atoms with Crippen molar-refractivity contribution in [3.8, 4) is 0 Å². The van der Waals surface area contributed by atoms with Crippen LogP contribution in [0, 0.1) is 18.6 Å². The summed E-state index contributed by atoms with van der Waals surface area (Å²) in [4.78, 5) is 23.4. The first-order valence-corrected chi connectivity index (χ1v) is 7.00. The highest BCUT2D eigenvalue weighted by Crippen LogP contribution is 2.26. The molecule has 23 heavy (non-hydrogen) atoms. The second-order valence-corrected chi connectivity index (χ2v) is 5.27. The molecule has 0 saturated heterocycles. The molecule has 0 saturated carbocycles. The van der Waals surface area contributed by atoms with Crippen LogP contribution < -0.4 is 10.6 Å². The van der Waals surface area contributed by atoms with Crippen LogP contribution in [-0.2, 0) is 4.79 Å². The van der Waals surface area contributed by atoms with Gasteiger partial charge < -0.3 is 10.6 Å². The molecule has 2 N–H and O–H groups in total. The quantitative estimate of drug-likeness (QED) is 0.826. The molecule has 0 atom stereocenters. The first-order chi connectivity index (χ1) is 10.8. The highest BCUT2D eigenvalue weighted by atomic mass is 35.5. The van der Waals surface area contributed by atoms with Crippen molar-refractivity contribution in [3.63, 3.8) is 0 Å². The Morgan fingerprint density at radius 2 is 1.61 bits per heavy atom. The first-order valence-electron chi connectivity index (χ1n) is 6.62. The van der Waals surface area contributed by atoms with E-state index in [1.54, 1.807) is 25.1 Å². The number of nitrogens with one attached hydrogen (secondary N) is 2. The van der Waals surface area contributed by atoms with Crippen molar-refractivity contribution in [2.75, 3.05) is 10.6 Å². The van der Waals surface area contributed by atoms with Gasteiger partial charge in [0.15, 0.2) is 11.6 Å². The van der Waals surface area contributed by atoms with Crippen molar-refractivity contribution >= 4 is 34.8 Å². The van der Waals surface area contributed by atoms with Crippen molar-refractivity contribution in [2.24, 2.45) is 0 Å². The topological polar surface area (TPSA) is 58.2 Å². The van der Waals surface area contributed by atoms with E-state index in [1.165, 1.54) is 6.92 Å². The highest BCUT2D eigenvalue weighted by Gasteiger charge is 2.16. The van der Waals surface area contributed by atoms with Crippen LogP contribution in [0.4, 0.5) is 20.2 Å². The summed E-state index contributed by atoms with van der Waals surface area (Å²) in [5.41, 5.74) is 1.39. The molecule has 0 aliphatic heterocycles. The smallest absolute Gasteiger partial charge is 0.257 e. The lowest BCUT2D eigenvalue weighted by molar-refractivity contribution is -0.114. The Hall–Kier alpha value is -2.47. The summed E-state index contributed by atoms with van der Waals surface area (Å²) in [6, 6.07) is 6.41. The summed E-state index contributed by atoms with van der Waals surface area (Å²) in [6.45, 7) is 3.07. The molecule has 2 amide bonds. The molecule has 0 bridgehead atoms. The number of amides is 2. The SMILES string of the molecule is CC(=O)Nc1cccc(NC(=O)c2cc(F)c(F)cc2Cl)c1C. The van der Waals surface area contributed by atoms with Gasteiger partial charge in [0.05, 0.1) is 10.6 Å². The molecule has 2 aromatic carbocycles. The summed E-state index contributed by atoms with van der Waals surface area (Å²) >= 11 is 5.78. The molecule has 0 fully saturated rings. The van der Waals surface area contributed by atoms with E-state index in [-0.39, 0.29) is 16.5 Å². The molecule has 120 valence electrons. The minimum atomic E-state index is -1.16. The lowest BCUT2D eigenvalue weighted by Gasteiger charge is -2.13. The van der Waals surface area contributed by atoms with E-state index in [0.717, 1.165) is 12.1 Å². The van der Waals surface area contributed by atoms with Crippen molar-refractivity contribution in [2.45, 2.75) is 13.8 Å². The fourth-order valence-corrected chi connectivity index (χ4v) is 2.22. The molecule has 0 radical (unpaired) electrons. The minimum absolute atomic E-state index is 0.185. The summed E-state index contributed by atoms with van der Waals surface area (Å²) in [6.07, 6.45) is 0. The normalized spacial score (nSPS) is 10.3. The van der Waals surface area contributed by atoms with E-state index in [2.05, 4.69) is 10.6 Å². The van der Waals surface area contributed by atoms with Gasteiger partial charge in [-0.2, -0.15) is 0 Å². The van der Waals surface area contributed by atoms with Crippen LogP contribution in [-0.4, -0.2) is 11.8 Å². The van der Waals surface area contributed by atoms with Crippen LogP contribution in [0.1, 0.15) is 22.8 Å². The third kappa shape index (κ3) is 3.84. The number of halogens is 3. The molecule has 0 aliphatic carbocycles. The molecular weight excluding hydrogens is 326 g/mol. The van der Waals surface area contributed by atoms with Gasteiger partial charge in [-0.15, -0.1) is 0 Å². The van der Waals surface area contributed by atoms with Gasteiger partial charge in [-0.3, -0.25) is 9.59 Å². The second kappa shape index (κ2) is 6.75. The maximum Gasteiger partial charge on any atom is 0.257 e. The zero-order valence-corrected chi connectivity index (χ0v) is 13.1. The van der Waals surface area contributed by atoms with E-state index in [0.29, 0.717) is 16.9 Å². The second-order valence-electron chi connectivity index (χ2n) is 4.86. The van der Waals surface area contributed by atoms with Gasteiger partial charge in [-0.1, -0.05) is 17.7 Å². The number of carbonyl (C=O) groups is 2. The van der Waals surface area contributed by atoms with Gasteiger partial charge >= 0.3 is 0 Å². The van der Waals surface area contributed by atoms with E-state index in [9.17, 15) is 18.4 Å². The number of benzene rings is 2. The maximum atomic E-state index is 13.3. The lowest BCUT2D eigenvalue weighted by Crippen LogP contribution is -2.15. The summed E-state index contributed by atoms with van der Waals surface area (Å²) in [5.74, 6) is -3.23. The number of carbonyl (C=O) groups excluding carboxylic acids is 2. The predicted octanol–water partition coefficient (Wildman–Crippen LogP) is 4.14. The van der Waals surface area contributed by atoms with Gasteiger partial charge in [0, 0.05) is 18.3 Å². The average molecular weight is 339 g/mol. The Bertz CT molecular complexity index is 794. The van der Waals surface area contributed by atoms with E-state index in [1.807, 2.05) is 0 Å². The molecule has 2 aromatic rings. The standard InChI is InChI=1S/C16H13ClF2N2O2/c1-8-14(20-9(2)22)4-3-5-15(8)21-16(23)10-6-12(18)13(19)7-11(10)17/h3-7H,1-2H3,(H,20,22)(H,21,23). The Morgan fingerprint density at radius 3 is 2.22 bits per heavy atom. The Labute approximate surface area is 136 Å². The van der Waals surface area contributed by atoms with Gasteiger partial charge in [0.2, 0.25) is 5.91 Å². The van der Waals surface area contributed by atoms with Crippen molar-refractivity contribution in [1.29, 1.82) is 0 Å². The van der Waals surface area contributed by atoms with E-state index < -0.39 is 17.5 Å². The number of anilines is 2. The largest absolute Gasteiger partial charge is 0.326 e. The summed E-state index contributed by atoms with van der Waals surface area (Å²) < 4.78 is 26.3. The molecule has 4 nitrogen and oxygen atoms in total. The first kappa shape index (κ1) is 16.9. The summed E-state index contributed by atoms with van der Waals surface area (Å²) in [7, 11) is 0. The molecule has 0 aliphatic rings. The summed E-state index contributed by atoms with van der Waals surface area (Å²) in [5, 5.41) is 5.00. The Balaban J connectivity index is 2.31. The maximum absolute atomic E-state index is 13.3. The lowest BCUT2D eigenvalue weighted by atomic mass is 10.1. The fourth-order valence-electron chi connectivity index (χ4n) is 1.98. The number of rotatable bonds is 3. The minimum Gasteiger partial charge on any atom is -0.326 e. The third-order valence-corrected chi connectivity index (χ3v) is 3.46. The van der Waals surface area contributed by atoms with E-state index in [4.69, 9.17) is 11.6 Å². The van der Waals surface area contributed by atoms with Gasteiger partial charge in [0.25, 0.3) is 5.91 Å². The average Bonchev–Trinajstić information content (AvgIpc) is 2.46. The van der Waals surface area contributed by atoms with Crippen LogP contribution in [0.3, 0.4) is 0 Å². The third-order valence-electron chi connectivity index (χ3n) is 3.15. The van der Waals surface area contributed by atoms with Gasteiger partial charge in [-0.05, 0) is 36.8 Å². The van der Waals surface area contributed by atoms with Crippen molar-refractivity contribution in [1.82, 2.24) is 0 Å². The Kier molecular flexibility index (Phi) is 4.95. The molecule has 2 rings (SSSR count). The van der Waals surface area contributed by atoms with Gasteiger partial charge in [0.1, 0.15) is 0 Å². The predicted molar refractivity (Wildman–Crippen MR) is 84.8 cm³/mol. The number of hydrogen-bond donors (Lipinski definition) is 2. The highest BCUT2D eigenvalue weighted by molar-refractivity contribution is 6.34. The van der Waals surface area contributed by atoms with Crippen LogP contribution in [0.2, 0.25) is 5.02 Å². The monoisotopic (exact) mass is 338 g/mol. The van der Waals surface area contributed by atoms with Crippen LogP contribution in [0.5, 0.6) is 0 Å². The molecule has 0 spiro atoms. The Morgan fingerprint density at radius 1 is 1.04 bits per heavy atom. The van der Waals surface area contributed by atoms with E-state index >= 15 is 0 Å².